The van der Waals surface area contributed by atoms with Gasteiger partial charge in [0.1, 0.15) is 0 Å². The van der Waals surface area contributed by atoms with Crippen molar-refractivity contribution >= 4 is 5.91 Å². The molecule has 1 N–H and O–H groups in total. The maximum atomic E-state index is 11.8. The maximum absolute atomic E-state index is 11.8. The first-order valence-electron chi connectivity index (χ1n) is 8.86. The molecule has 5 nitrogen and oxygen atoms in total. The molecule has 0 spiro atoms. The molecule has 1 aromatic heterocycles. The summed E-state index contributed by atoms with van der Waals surface area (Å²) in [4.78, 5) is 14.3. The fourth-order valence-electron chi connectivity index (χ4n) is 3.49. The van der Waals surface area contributed by atoms with Crippen LogP contribution in [0.4, 0.5) is 0 Å². The third-order valence-corrected chi connectivity index (χ3v) is 4.93. The molecule has 1 aliphatic carbocycles. The van der Waals surface area contributed by atoms with E-state index in [1.807, 2.05) is 6.20 Å². The zero-order valence-electron chi connectivity index (χ0n) is 13.9. The van der Waals surface area contributed by atoms with Gasteiger partial charge in [-0.3, -0.25) is 14.4 Å². The summed E-state index contributed by atoms with van der Waals surface area (Å²) in [6.07, 6.45) is 4.93. The number of rotatable bonds is 6. The van der Waals surface area contributed by atoms with Crippen molar-refractivity contribution in [1.82, 2.24) is 20.0 Å². The molecule has 5 heteroatoms. The van der Waals surface area contributed by atoms with Crippen molar-refractivity contribution in [3.63, 3.8) is 0 Å². The van der Waals surface area contributed by atoms with E-state index in [0.717, 1.165) is 45.4 Å². The standard InChI is InChI=1S/C19H24N4O/c24-19(16-6-7-16)20-10-8-17-13-22(12-15-4-2-1-3-5-15)14-18-9-11-21-23(17)18/h1-5,9,11,16-17H,6-8,10,12-14H2,(H,20,24). The van der Waals surface area contributed by atoms with Crippen LogP contribution in [-0.4, -0.2) is 33.7 Å². The normalized spacial score (nSPS) is 20.6. The summed E-state index contributed by atoms with van der Waals surface area (Å²) in [5.41, 5.74) is 2.60. The van der Waals surface area contributed by atoms with Crippen molar-refractivity contribution in [3.8, 4) is 0 Å². The average molecular weight is 324 g/mol. The van der Waals surface area contributed by atoms with Crippen molar-refractivity contribution in [2.45, 2.75) is 38.4 Å². The van der Waals surface area contributed by atoms with E-state index in [0.29, 0.717) is 6.04 Å². The van der Waals surface area contributed by atoms with E-state index in [2.05, 4.69) is 56.4 Å². The van der Waals surface area contributed by atoms with E-state index in [9.17, 15) is 4.79 Å². The Morgan fingerprint density at radius 3 is 2.83 bits per heavy atom. The Morgan fingerprint density at radius 2 is 2.04 bits per heavy atom. The second-order valence-corrected chi connectivity index (χ2v) is 6.93. The first-order valence-corrected chi connectivity index (χ1v) is 8.86. The number of fused-ring (bicyclic) bond motifs is 1. The molecule has 1 saturated carbocycles. The second-order valence-electron chi connectivity index (χ2n) is 6.93. The molecule has 0 saturated heterocycles. The van der Waals surface area contributed by atoms with Crippen molar-refractivity contribution < 1.29 is 4.79 Å². The highest BCUT2D eigenvalue weighted by molar-refractivity contribution is 5.80. The third-order valence-electron chi connectivity index (χ3n) is 4.93. The first kappa shape index (κ1) is 15.4. The molecule has 24 heavy (non-hydrogen) atoms. The van der Waals surface area contributed by atoms with Crippen LogP contribution in [0.25, 0.3) is 0 Å². The molecule has 0 radical (unpaired) electrons. The minimum absolute atomic E-state index is 0.229. The molecule has 2 aliphatic rings. The Kier molecular flexibility index (Phi) is 4.34. The SMILES string of the molecule is O=C(NCCC1CN(Cc2ccccc2)Cc2ccnn21)C1CC1. The van der Waals surface area contributed by atoms with Gasteiger partial charge in [-0.15, -0.1) is 0 Å². The molecule has 1 unspecified atom stereocenters. The third kappa shape index (κ3) is 3.51. The predicted octanol–water partition coefficient (Wildman–Crippen LogP) is 2.36. The van der Waals surface area contributed by atoms with Crippen LogP contribution in [0.1, 0.15) is 36.6 Å². The Labute approximate surface area is 142 Å². The Bertz CT molecular complexity index is 692. The molecule has 1 fully saturated rings. The smallest absolute Gasteiger partial charge is 0.223 e. The van der Waals surface area contributed by atoms with Crippen LogP contribution in [0.3, 0.4) is 0 Å². The van der Waals surface area contributed by atoms with E-state index in [-0.39, 0.29) is 11.8 Å². The van der Waals surface area contributed by atoms with Crippen LogP contribution < -0.4 is 5.32 Å². The van der Waals surface area contributed by atoms with Gasteiger partial charge >= 0.3 is 0 Å². The minimum atomic E-state index is 0.229. The van der Waals surface area contributed by atoms with Crippen LogP contribution >= 0.6 is 0 Å². The summed E-state index contributed by atoms with van der Waals surface area (Å²) < 4.78 is 2.14. The van der Waals surface area contributed by atoms with Gasteiger partial charge in [0.2, 0.25) is 5.91 Å². The molecule has 1 aromatic carbocycles. The lowest BCUT2D eigenvalue weighted by Crippen LogP contribution is -2.39. The lowest BCUT2D eigenvalue weighted by atomic mass is 10.1. The van der Waals surface area contributed by atoms with E-state index in [1.165, 1.54) is 11.3 Å². The fraction of sp³-hybridized carbons (Fsp3) is 0.474. The summed E-state index contributed by atoms with van der Waals surface area (Å²) in [7, 11) is 0. The van der Waals surface area contributed by atoms with Gasteiger partial charge in [0.15, 0.2) is 0 Å². The van der Waals surface area contributed by atoms with E-state index in [1.54, 1.807) is 0 Å². The predicted molar refractivity (Wildman–Crippen MR) is 92.2 cm³/mol. The van der Waals surface area contributed by atoms with Crippen LogP contribution in [0.15, 0.2) is 42.6 Å². The molecule has 2 aromatic rings. The highest BCUT2D eigenvalue weighted by atomic mass is 16.2. The van der Waals surface area contributed by atoms with Crippen molar-refractivity contribution in [2.75, 3.05) is 13.1 Å². The molecule has 4 rings (SSSR count). The van der Waals surface area contributed by atoms with Gasteiger partial charge in [-0.25, -0.2) is 0 Å². The number of hydrogen-bond acceptors (Lipinski definition) is 3. The lowest BCUT2D eigenvalue weighted by Gasteiger charge is -2.34. The highest BCUT2D eigenvalue weighted by Crippen LogP contribution is 2.29. The molecule has 1 amide bonds. The fourth-order valence-corrected chi connectivity index (χ4v) is 3.49. The number of carbonyl (C=O) groups is 1. The summed E-state index contributed by atoms with van der Waals surface area (Å²) in [5.74, 6) is 0.513. The van der Waals surface area contributed by atoms with Gasteiger partial charge in [-0.05, 0) is 30.9 Å². The van der Waals surface area contributed by atoms with Crippen molar-refractivity contribution in [1.29, 1.82) is 0 Å². The van der Waals surface area contributed by atoms with Crippen molar-refractivity contribution in [2.24, 2.45) is 5.92 Å². The first-order chi connectivity index (χ1) is 11.8. The van der Waals surface area contributed by atoms with Crippen LogP contribution in [0.5, 0.6) is 0 Å². The number of nitrogens with zero attached hydrogens (tertiary/aromatic N) is 3. The van der Waals surface area contributed by atoms with Crippen LogP contribution in [0, 0.1) is 5.92 Å². The zero-order chi connectivity index (χ0) is 16.4. The Morgan fingerprint density at radius 1 is 1.21 bits per heavy atom. The van der Waals surface area contributed by atoms with Gasteiger partial charge in [0.05, 0.1) is 11.7 Å². The molecule has 2 heterocycles. The number of amides is 1. The Hall–Kier alpha value is -2.14. The number of carbonyl (C=O) groups excluding carboxylic acids is 1. The highest BCUT2D eigenvalue weighted by Gasteiger charge is 2.30. The van der Waals surface area contributed by atoms with E-state index in [4.69, 9.17) is 0 Å². The monoisotopic (exact) mass is 324 g/mol. The van der Waals surface area contributed by atoms with Gasteiger partial charge in [0, 0.05) is 38.3 Å². The topological polar surface area (TPSA) is 50.2 Å². The van der Waals surface area contributed by atoms with Gasteiger partial charge in [0.25, 0.3) is 0 Å². The Balaban J connectivity index is 1.38. The van der Waals surface area contributed by atoms with Gasteiger partial charge in [-0.1, -0.05) is 30.3 Å². The number of benzene rings is 1. The summed E-state index contributed by atoms with van der Waals surface area (Å²) in [5, 5.41) is 7.58. The van der Waals surface area contributed by atoms with Gasteiger partial charge in [-0.2, -0.15) is 5.10 Å². The number of aromatic nitrogens is 2. The summed E-state index contributed by atoms with van der Waals surface area (Å²) in [6, 6.07) is 13.0. The molecule has 0 bridgehead atoms. The van der Waals surface area contributed by atoms with E-state index >= 15 is 0 Å². The summed E-state index contributed by atoms with van der Waals surface area (Å²) >= 11 is 0. The quantitative estimate of drug-likeness (QED) is 0.887. The molecule has 126 valence electrons. The summed E-state index contributed by atoms with van der Waals surface area (Å²) in [6.45, 7) is 3.60. The zero-order valence-corrected chi connectivity index (χ0v) is 13.9. The maximum Gasteiger partial charge on any atom is 0.223 e. The van der Waals surface area contributed by atoms with E-state index < -0.39 is 0 Å². The van der Waals surface area contributed by atoms with Gasteiger partial charge < -0.3 is 5.32 Å². The molecule has 1 atom stereocenters. The minimum Gasteiger partial charge on any atom is -0.356 e. The van der Waals surface area contributed by atoms with Crippen LogP contribution in [0.2, 0.25) is 0 Å². The average Bonchev–Trinajstić information content (AvgIpc) is 3.34. The molecule has 1 aliphatic heterocycles. The molecular weight excluding hydrogens is 300 g/mol. The lowest BCUT2D eigenvalue weighted by molar-refractivity contribution is -0.122. The van der Waals surface area contributed by atoms with Crippen molar-refractivity contribution in [3.05, 3.63) is 53.9 Å². The molecular formula is C19H24N4O. The second kappa shape index (κ2) is 6.77. The number of nitrogens with one attached hydrogen (secondary N) is 1. The largest absolute Gasteiger partial charge is 0.356 e. The van der Waals surface area contributed by atoms with Crippen LogP contribution in [-0.2, 0) is 17.9 Å². The number of hydrogen-bond donors (Lipinski definition) is 1.